The predicted molar refractivity (Wildman–Crippen MR) is 119 cm³/mol. The molecule has 0 amide bonds. The van der Waals surface area contributed by atoms with Gasteiger partial charge in [-0.15, -0.1) is 0 Å². The predicted octanol–water partition coefficient (Wildman–Crippen LogP) is 6.77. The lowest BCUT2D eigenvalue weighted by molar-refractivity contribution is 0.0694. The number of carbonyl (C=O) groups is 1. The van der Waals surface area contributed by atoms with Gasteiger partial charge in [-0.05, 0) is 50.1 Å². The fourth-order valence-corrected chi connectivity index (χ4v) is 4.39. The van der Waals surface area contributed by atoms with Crippen LogP contribution in [0.4, 0.5) is 0 Å². The highest BCUT2D eigenvalue weighted by molar-refractivity contribution is 6.75. The highest BCUT2D eigenvalue weighted by Gasteiger charge is 2.41. The fraction of sp³-hybridized carbons (Fsp3) is 0.667. The molecule has 1 aromatic rings. The Morgan fingerprint density at radius 3 is 1.33 bits per heavy atom. The number of carboxylic acids is 1. The van der Waals surface area contributed by atoms with Crippen molar-refractivity contribution < 1.29 is 18.8 Å². The lowest BCUT2D eigenvalue weighted by Gasteiger charge is -2.39. The van der Waals surface area contributed by atoms with Crippen LogP contribution in [0.1, 0.15) is 63.0 Å². The molecule has 0 heterocycles. The van der Waals surface area contributed by atoms with E-state index in [0.717, 1.165) is 0 Å². The molecule has 6 heteroatoms. The molecule has 0 aliphatic carbocycles. The maximum absolute atomic E-state index is 12.0. The Bertz CT molecular complexity index is 671. The van der Waals surface area contributed by atoms with Crippen molar-refractivity contribution >= 4 is 22.6 Å². The van der Waals surface area contributed by atoms with E-state index in [0.29, 0.717) is 28.2 Å². The van der Waals surface area contributed by atoms with Gasteiger partial charge >= 0.3 is 5.97 Å². The number of carboxylic acid groups (broad SMARTS) is 1. The second-order valence-corrected chi connectivity index (χ2v) is 20.0. The van der Waals surface area contributed by atoms with Crippen molar-refractivity contribution in [1.29, 1.82) is 0 Å². The van der Waals surface area contributed by atoms with Crippen molar-refractivity contribution in [2.45, 2.75) is 91.7 Å². The van der Waals surface area contributed by atoms with Crippen molar-refractivity contribution in [2.24, 2.45) is 0 Å². The second kappa shape index (κ2) is 7.28. The van der Waals surface area contributed by atoms with Crippen molar-refractivity contribution in [3.8, 4) is 11.5 Å². The first-order valence-electron chi connectivity index (χ1n) is 9.57. The topological polar surface area (TPSA) is 55.8 Å². The fourth-order valence-electron chi connectivity index (χ4n) is 2.25. The largest absolute Gasteiger partial charge is 0.543 e. The summed E-state index contributed by atoms with van der Waals surface area (Å²) in [6.07, 6.45) is 0. The summed E-state index contributed by atoms with van der Waals surface area (Å²) in [5, 5.41) is 9.87. The first-order valence-corrected chi connectivity index (χ1v) is 15.4. The lowest BCUT2D eigenvalue weighted by Crippen LogP contribution is -2.45. The van der Waals surface area contributed by atoms with E-state index in [1.807, 2.05) is 19.9 Å². The Morgan fingerprint density at radius 1 is 0.815 bits per heavy atom. The summed E-state index contributed by atoms with van der Waals surface area (Å²) >= 11 is 0. The Labute approximate surface area is 167 Å². The Hall–Kier alpha value is -1.28. The van der Waals surface area contributed by atoms with E-state index in [-0.39, 0.29) is 10.1 Å². The molecule has 0 aliphatic heterocycles. The SMILES string of the molecule is Cc1c(O[Si](C)(C)C(C)(C)C)cc(O[Si](C)(C)C(C)(C)C)c(C)c1C(=O)O. The minimum atomic E-state index is -2.11. The first-order chi connectivity index (χ1) is 11.8. The summed E-state index contributed by atoms with van der Waals surface area (Å²) in [6, 6.07) is 1.91. The van der Waals surface area contributed by atoms with Gasteiger partial charge in [0.15, 0.2) is 0 Å². The zero-order valence-corrected chi connectivity index (χ0v) is 21.2. The van der Waals surface area contributed by atoms with E-state index in [1.54, 1.807) is 0 Å². The standard InChI is InChI=1S/C21H38O4Si2/c1-14-16(24-26(9,10)20(3,4)5)13-17(15(2)18(14)19(22)23)25-27(11,12)21(6,7)8/h13H,1-12H3,(H,22,23). The van der Waals surface area contributed by atoms with Gasteiger partial charge < -0.3 is 14.0 Å². The van der Waals surface area contributed by atoms with Crippen LogP contribution >= 0.6 is 0 Å². The van der Waals surface area contributed by atoms with Crippen molar-refractivity contribution in [2.75, 3.05) is 0 Å². The van der Waals surface area contributed by atoms with Crippen LogP contribution in [0, 0.1) is 13.8 Å². The van der Waals surface area contributed by atoms with E-state index in [4.69, 9.17) is 8.85 Å². The third-order valence-corrected chi connectivity index (χ3v) is 15.0. The third kappa shape index (κ3) is 4.96. The van der Waals surface area contributed by atoms with Crippen LogP contribution in [0.5, 0.6) is 11.5 Å². The molecule has 0 fully saturated rings. The molecule has 27 heavy (non-hydrogen) atoms. The van der Waals surface area contributed by atoms with Gasteiger partial charge in [0.05, 0.1) is 5.56 Å². The van der Waals surface area contributed by atoms with Gasteiger partial charge in [-0.25, -0.2) is 4.79 Å². The molecular weight excluding hydrogens is 372 g/mol. The molecule has 0 unspecified atom stereocenters. The summed E-state index contributed by atoms with van der Waals surface area (Å²) < 4.78 is 13.0. The van der Waals surface area contributed by atoms with Crippen LogP contribution in [0.2, 0.25) is 36.3 Å². The monoisotopic (exact) mass is 410 g/mol. The number of hydrogen-bond donors (Lipinski definition) is 1. The summed E-state index contributed by atoms with van der Waals surface area (Å²) in [5.41, 5.74) is 1.64. The average Bonchev–Trinajstić information content (AvgIpc) is 2.40. The molecule has 1 N–H and O–H groups in total. The minimum Gasteiger partial charge on any atom is -0.543 e. The normalized spacial score (nSPS) is 13.5. The number of hydrogen-bond acceptors (Lipinski definition) is 3. The summed E-state index contributed by atoms with van der Waals surface area (Å²) in [4.78, 5) is 12.0. The van der Waals surface area contributed by atoms with Crippen LogP contribution < -0.4 is 8.85 Å². The van der Waals surface area contributed by atoms with E-state index in [1.165, 1.54) is 0 Å². The molecule has 0 aromatic heterocycles. The third-order valence-electron chi connectivity index (χ3n) is 6.31. The van der Waals surface area contributed by atoms with Gasteiger partial charge in [0.25, 0.3) is 0 Å². The second-order valence-electron chi connectivity index (χ2n) is 10.5. The Morgan fingerprint density at radius 2 is 1.11 bits per heavy atom. The molecular formula is C21H38O4Si2. The van der Waals surface area contributed by atoms with Gasteiger partial charge in [-0.2, -0.15) is 0 Å². The van der Waals surface area contributed by atoms with E-state index < -0.39 is 22.6 Å². The van der Waals surface area contributed by atoms with E-state index in [9.17, 15) is 9.90 Å². The van der Waals surface area contributed by atoms with Crippen molar-refractivity contribution in [3.05, 3.63) is 22.8 Å². The summed E-state index contributed by atoms with van der Waals surface area (Å²) in [7, 11) is -4.22. The summed E-state index contributed by atoms with van der Waals surface area (Å²) in [5.74, 6) is 0.336. The van der Waals surface area contributed by atoms with Crippen LogP contribution in [-0.4, -0.2) is 27.7 Å². The molecule has 1 rings (SSSR count). The van der Waals surface area contributed by atoms with Gasteiger partial charge in [-0.3, -0.25) is 0 Å². The molecule has 0 bridgehead atoms. The van der Waals surface area contributed by atoms with Crippen LogP contribution in [-0.2, 0) is 0 Å². The molecule has 0 saturated heterocycles. The molecule has 154 valence electrons. The molecule has 1 aromatic carbocycles. The first kappa shape index (κ1) is 23.8. The quantitative estimate of drug-likeness (QED) is 0.544. The molecule has 0 atom stereocenters. The van der Waals surface area contributed by atoms with Gasteiger partial charge in [0.2, 0.25) is 16.6 Å². The number of rotatable bonds is 5. The van der Waals surface area contributed by atoms with E-state index in [2.05, 4.69) is 67.7 Å². The summed E-state index contributed by atoms with van der Waals surface area (Å²) in [6.45, 7) is 25.4. The van der Waals surface area contributed by atoms with Gasteiger partial charge in [0, 0.05) is 17.2 Å². The van der Waals surface area contributed by atoms with Crippen LogP contribution in [0.15, 0.2) is 6.07 Å². The van der Waals surface area contributed by atoms with Gasteiger partial charge in [0.1, 0.15) is 11.5 Å². The van der Waals surface area contributed by atoms with Crippen molar-refractivity contribution in [3.63, 3.8) is 0 Å². The van der Waals surface area contributed by atoms with E-state index >= 15 is 0 Å². The van der Waals surface area contributed by atoms with Crippen LogP contribution in [0.25, 0.3) is 0 Å². The average molecular weight is 411 g/mol. The smallest absolute Gasteiger partial charge is 0.336 e. The molecule has 0 saturated carbocycles. The van der Waals surface area contributed by atoms with Gasteiger partial charge in [-0.1, -0.05) is 41.5 Å². The Kier molecular flexibility index (Phi) is 6.41. The highest BCUT2D eigenvalue weighted by atomic mass is 28.4. The van der Waals surface area contributed by atoms with Crippen molar-refractivity contribution in [1.82, 2.24) is 0 Å². The molecule has 4 nitrogen and oxygen atoms in total. The highest BCUT2D eigenvalue weighted by Crippen LogP contribution is 2.43. The molecule has 0 aliphatic rings. The zero-order valence-electron chi connectivity index (χ0n) is 19.2. The maximum Gasteiger partial charge on any atom is 0.336 e. The lowest BCUT2D eigenvalue weighted by atomic mass is 10.0. The number of benzene rings is 1. The maximum atomic E-state index is 12.0. The zero-order chi connectivity index (χ0) is 21.6. The van der Waals surface area contributed by atoms with Crippen LogP contribution in [0.3, 0.4) is 0 Å². The molecule has 0 spiro atoms. The Balaban J connectivity index is 3.59. The number of aromatic carboxylic acids is 1. The molecule has 0 radical (unpaired) electrons. The minimum absolute atomic E-state index is 0.0220.